The normalized spacial score (nSPS) is 12.5. The number of fused-ring (bicyclic) bond motifs is 6. The van der Waals surface area contributed by atoms with Gasteiger partial charge in [0.15, 0.2) is 9.40 Å². The molecule has 4 aromatic carbocycles. The van der Waals surface area contributed by atoms with Gasteiger partial charge in [-0.3, -0.25) is 0 Å². The number of hydrogen-bond donors (Lipinski definition) is 0. The molecule has 5 rings (SSSR count). The standard InChI is InChI=1S/C22H17OS/c1-23-16-9-10-17-14(11-16)7-8-15-12-20-18-5-3-4-6-21(18)24(2)22(20)13-19(15)17/h3-13H,1-2H3/q+1. The first-order chi connectivity index (χ1) is 11.8. The Bertz CT molecular complexity index is 1250. The molecule has 1 atom stereocenters. The molecule has 0 amide bonds. The molecule has 0 spiro atoms. The largest absolute Gasteiger partial charge is 0.497 e. The van der Waals surface area contributed by atoms with Gasteiger partial charge in [-0.05, 0) is 62.3 Å². The van der Waals surface area contributed by atoms with Crippen LogP contribution in [0.5, 0.6) is 5.75 Å². The van der Waals surface area contributed by atoms with E-state index in [1.54, 1.807) is 7.11 Å². The summed E-state index contributed by atoms with van der Waals surface area (Å²) in [5.41, 5.74) is 0. The van der Waals surface area contributed by atoms with Crippen LogP contribution >= 0.6 is 10.5 Å². The average Bonchev–Trinajstić information content (AvgIpc) is 2.92. The van der Waals surface area contributed by atoms with Crippen LogP contribution in [-0.4, -0.2) is 7.11 Å². The highest BCUT2D eigenvalue weighted by molar-refractivity contribution is 7.41. The molecule has 0 saturated carbocycles. The fourth-order valence-electron chi connectivity index (χ4n) is 3.74. The van der Waals surface area contributed by atoms with E-state index in [0.717, 1.165) is 5.75 Å². The molecule has 1 aromatic heterocycles. The highest BCUT2D eigenvalue weighted by Gasteiger charge is 2.18. The van der Waals surface area contributed by atoms with Gasteiger partial charge in [-0.1, -0.05) is 30.3 Å². The highest BCUT2D eigenvalue weighted by atomic mass is 32.2. The summed E-state index contributed by atoms with van der Waals surface area (Å²) in [6, 6.07) is 24.3. The summed E-state index contributed by atoms with van der Waals surface area (Å²) in [6.45, 7) is 0. The van der Waals surface area contributed by atoms with E-state index in [1.807, 2.05) is 0 Å². The van der Waals surface area contributed by atoms with Crippen LogP contribution in [0.1, 0.15) is 0 Å². The fraction of sp³-hybridized carbons (Fsp3) is 0.0909. The smallest absolute Gasteiger partial charge is 0.182 e. The minimum Gasteiger partial charge on any atom is -0.497 e. The Morgan fingerprint density at radius 2 is 1.46 bits per heavy atom. The number of methoxy groups -OCH3 is 1. The van der Waals surface area contributed by atoms with Gasteiger partial charge in [-0.25, -0.2) is 0 Å². The summed E-state index contributed by atoms with van der Waals surface area (Å²) >= 11 is 0. The lowest BCUT2D eigenvalue weighted by molar-refractivity contribution is 0.415. The van der Waals surface area contributed by atoms with Crippen LogP contribution in [0.25, 0.3) is 41.7 Å². The SMILES string of the molecule is COc1ccc2c(ccc3cc4c5ccccc5[s+](C)c4cc32)c1. The molecule has 0 radical (unpaired) electrons. The van der Waals surface area contributed by atoms with Crippen molar-refractivity contribution in [1.29, 1.82) is 0 Å². The second-order valence-corrected chi connectivity index (χ2v) is 8.13. The van der Waals surface area contributed by atoms with Crippen molar-refractivity contribution in [3.63, 3.8) is 0 Å². The van der Waals surface area contributed by atoms with Crippen LogP contribution in [0, 0.1) is 0 Å². The molecule has 1 heterocycles. The average molecular weight is 329 g/mol. The van der Waals surface area contributed by atoms with Crippen LogP contribution < -0.4 is 4.74 Å². The van der Waals surface area contributed by atoms with E-state index < -0.39 is 0 Å². The molecule has 24 heavy (non-hydrogen) atoms. The molecule has 0 N–H and O–H groups in total. The molecule has 0 fully saturated rings. The zero-order chi connectivity index (χ0) is 16.3. The number of ether oxygens (including phenoxy) is 1. The maximum atomic E-state index is 5.37. The minimum atomic E-state index is 0.148. The third-order valence-corrected chi connectivity index (χ3v) is 6.99. The molecule has 1 nitrogen and oxygen atoms in total. The van der Waals surface area contributed by atoms with Crippen molar-refractivity contribution in [2.75, 3.05) is 7.11 Å². The van der Waals surface area contributed by atoms with Crippen molar-refractivity contribution in [2.24, 2.45) is 6.26 Å². The summed E-state index contributed by atoms with van der Waals surface area (Å²) < 4.78 is 8.30. The van der Waals surface area contributed by atoms with E-state index in [0.29, 0.717) is 0 Å². The van der Waals surface area contributed by atoms with Crippen LogP contribution in [-0.2, 0) is 6.26 Å². The van der Waals surface area contributed by atoms with Crippen molar-refractivity contribution < 1.29 is 4.74 Å². The Kier molecular flexibility index (Phi) is 2.85. The summed E-state index contributed by atoms with van der Waals surface area (Å²) in [5.74, 6) is 0.908. The van der Waals surface area contributed by atoms with Gasteiger partial charge in [-0.15, -0.1) is 0 Å². The first-order valence-electron chi connectivity index (χ1n) is 8.06. The van der Waals surface area contributed by atoms with Gasteiger partial charge >= 0.3 is 0 Å². The first kappa shape index (κ1) is 13.8. The van der Waals surface area contributed by atoms with E-state index in [1.165, 1.54) is 41.7 Å². The Morgan fingerprint density at radius 1 is 0.667 bits per heavy atom. The molecule has 1 unspecified atom stereocenters. The van der Waals surface area contributed by atoms with Gasteiger partial charge in [0.2, 0.25) is 0 Å². The third kappa shape index (κ3) is 1.80. The van der Waals surface area contributed by atoms with Crippen LogP contribution in [0.3, 0.4) is 0 Å². The lowest BCUT2D eigenvalue weighted by atomic mass is 10.00. The van der Waals surface area contributed by atoms with Crippen molar-refractivity contribution in [1.82, 2.24) is 0 Å². The van der Waals surface area contributed by atoms with Gasteiger partial charge in [0, 0.05) is 16.8 Å². The molecule has 0 saturated heterocycles. The molecular formula is C22H17OS+. The van der Waals surface area contributed by atoms with Gasteiger partial charge in [0.25, 0.3) is 0 Å². The quantitative estimate of drug-likeness (QED) is 0.249. The van der Waals surface area contributed by atoms with Crippen molar-refractivity contribution in [2.45, 2.75) is 0 Å². The van der Waals surface area contributed by atoms with E-state index in [9.17, 15) is 0 Å². The lowest BCUT2D eigenvalue weighted by Gasteiger charge is -2.06. The Balaban J connectivity index is 1.97. The topological polar surface area (TPSA) is 9.23 Å². The van der Waals surface area contributed by atoms with Crippen molar-refractivity contribution in [3.8, 4) is 5.75 Å². The van der Waals surface area contributed by atoms with E-state index in [-0.39, 0.29) is 10.5 Å². The molecule has 5 aromatic rings. The molecule has 2 heteroatoms. The molecule has 0 aliphatic rings. The predicted octanol–water partition coefficient (Wildman–Crippen LogP) is 6.59. The van der Waals surface area contributed by atoms with E-state index in [4.69, 9.17) is 4.74 Å². The zero-order valence-corrected chi connectivity index (χ0v) is 14.5. The molecule has 0 bridgehead atoms. The van der Waals surface area contributed by atoms with Crippen molar-refractivity contribution >= 4 is 52.2 Å². The summed E-state index contributed by atoms with van der Waals surface area (Å²) in [4.78, 5) is 0. The van der Waals surface area contributed by atoms with Crippen LogP contribution in [0.15, 0.2) is 66.7 Å². The van der Waals surface area contributed by atoms with Crippen molar-refractivity contribution in [3.05, 3.63) is 66.7 Å². The minimum absolute atomic E-state index is 0.148. The summed E-state index contributed by atoms with van der Waals surface area (Å²) in [5, 5.41) is 7.96. The second kappa shape index (κ2) is 4.96. The van der Waals surface area contributed by atoms with Crippen LogP contribution in [0.2, 0.25) is 0 Å². The van der Waals surface area contributed by atoms with Gasteiger partial charge < -0.3 is 4.74 Å². The molecular weight excluding hydrogens is 312 g/mol. The number of thiophene rings is 1. The van der Waals surface area contributed by atoms with Gasteiger partial charge in [-0.2, -0.15) is 0 Å². The van der Waals surface area contributed by atoms with Crippen LogP contribution in [0.4, 0.5) is 0 Å². The summed E-state index contributed by atoms with van der Waals surface area (Å²) in [6.07, 6.45) is 2.34. The zero-order valence-electron chi connectivity index (χ0n) is 13.7. The number of hydrogen-bond acceptors (Lipinski definition) is 1. The Hall–Kier alpha value is -2.58. The Morgan fingerprint density at radius 3 is 2.29 bits per heavy atom. The first-order valence-corrected chi connectivity index (χ1v) is 9.69. The second-order valence-electron chi connectivity index (χ2n) is 6.23. The highest BCUT2D eigenvalue weighted by Crippen LogP contribution is 2.43. The lowest BCUT2D eigenvalue weighted by Crippen LogP contribution is -1.83. The molecule has 116 valence electrons. The summed E-state index contributed by atoms with van der Waals surface area (Å²) in [7, 11) is 1.87. The van der Waals surface area contributed by atoms with E-state index in [2.05, 4.69) is 73.0 Å². The fourth-order valence-corrected chi connectivity index (χ4v) is 5.56. The van der Waals surface area contributed by atoms with Gasteiger partial charge in [0.05, 0.1) is 7.11 Å². The third-order valence-electron chi connectivity index (χ3n) is 4.98. The maximum Gasteiger partial charge on any atom is 0.182 e. The molecule has 0 aliphatic heterocycles. The maximum absolute atomic E-state index is 5.37. The predicted molar refractivity (Wildman–Crippen MR) is 106 cm³/mol. The van der Waals surface area contributed by atoms with E-state index >= 15 is 0 Å². The van der Waals surface area contributed by atoms with Gasteiger partial charge in [0.1, 0.15) is 12.0 Å². The molecule has 0 aliphatic carbocycles. The number of benzene rings is 4. The number of aryl methyl sites for hydroxylation is 1. The Labute approximate surface area is 143 Å². The monoisotopic (exact) mass is 329 g/mol. The number of rotatable bonds is 1.